The van der Waals surface area contributed by atoms with Gasteiger partial charge in [-0.15, -0.1) is 0 Å². The second kappa shape index (κ2) is 3.96. The van der Waals surface area contributed by atoms with Crippen molar-refractivity contribution in [1.82, 2.24) is 9.88 Å². The molecule has 1 saturated heterocycles. The van der Waals surface area contributed by atoms with Crippen molar-refractivity contribution < 1.29 is 4.79 Å². The SMILES string of the molecule is O=C1CCCN1Cc1cccc(Cl)n1. The monoisotopic (exact) mass is 210 g/mol. The van der Waals surface area contributed by atoms with Gasteiger partial charge in [0.05, 0.1) is 12.2 Å². The van der Waals surface area contributed by atoms with Gasteiger partial charge in [-0.2, -0.15) is 0 Å². The molecule has 0 N–H and O–H groups in total. The second-order valence-electron chi connectivity index (χ2n) is 3.37. The molecule has 2 heterocycles. The van der Waals surface area contributed by atoms with E-state index in [9.17, 15) is 4.79 Å². The Bertz CT molecular complexity index is 354. The van der Waals surface area contributed by atoms with Crippen LogP contribution in [0.2, 0.25) is 5.15 Å². The van der Waals surface area contributed by atoms with E-state index >= 15 is 0 Å². The molecule has 1 aromatic rings. The molecular weight excluding hydrogens is 200 g/mol. The predicted octanol–water partition coefficient (Wildman–Crippen LogP) is 1.86. The molecule has 0 bridgehead atoms. The topological polar surface area (TPSA) is 33.2 Å². The highest BCUT2D eigenvalue weighted by atomic mass is 35.5. The summed E-state index contributed by atoms with van der Waals surface area (Å²) in [5.41, 5.74) is 0.854. The van der Waals surface area contributed by atoms with Gasteiger partial charge in [0.2, 0.25) is 5.91 Å². The number of nitrogens with zero attached hydrogens (tertiary/aromatic N) is 2. The third kappa shape index (κ3) is 2.04. The summed E-state index contributed by atoms with van der Waals surface area (Å²) < 4.78 is 0. The van der Waals surface area contributed by atoms with Crippen molar-refractivity contribution in [3.8, 4) is 0 Å². The fourth-order valence-corrected chi connectivity index (χ4v) is 1.79. The molecule has 3 nitrogen and oxygen atoms in total. The standard InChI is InChI=1S/C10H11ClN2O/c11-9-4-1-3-8(12-9)7-13-6-2-5-10(13)14/h1,3-4H,2,5-7H2. The van der Waals surface area contributed by atoms with Crippen LogP contribution in [0.25, 0.3) is 0 Å². The quantitative estimate of drug-likeness (QED) is 0.699. The van der Waals surface area contributed by atoms with Crippen molar-refractivity contribution in [3.05, 3.63) is 29.0 Å². The molecule has 0 saturated carbocycles. The van der Waals surface area contributed by atoms with Crippen LogP contribution in [0.4, 0.5) is 0 Å². The molecule has 14 heavy (non-hydrogen) atoms. The predicted molar refractivity (Wildman–Crippen MR) is 53.9 cm³/mol. The average molecular weight is 211 g/mol. The van der Waals surface area contributed by atoms with E-state index < -0.39 is 0 Å². The summed E-state index contributed by atoms with van der Waals surface area (Å²) in [5, 5.41) is 0.481. The van der Waals surface area contributed by atoms with E-state index in [1.54, 1.807) is 6.07 Å². The summed E-state index contributed by atoms with van der Waals surface area (Å²) in [4.78, 5) is 17.3. The van der Waals surface area contributed by atoms with E-state index in [2.05, 4.69) is 4.98 Å². The molecule has 1 aromatic heterocycles. The van der Waals surface area contributed by atoms with Crippen LogP contribution in [0.15, 0.2) is 18.2 Å². The van der Waals surface area contributed by atoms with Crippen LogP contribution >= 0.6 is 11.6 Å². The fraction of sp³-hybridized carbons (Fsp3) is 0.400. The Kier molecular flexibility index (Phi) is 2.68. The van der Waals surface area contributed by atoms with Crippen LogP contribution in [-0.2, 0) is 11.3 Å². The van der Waals surface area contributed by atoms with Crippen LogP contribution in [0.3, 0.4) is 0 Å². The van der Waals surface area contributed by atoms with E-state index in [1.165, 1.54) is 0 Å². The van der Waals surface area contributed by atoms with E-state index in [4.69, 9.17) is 11.6 Å². The van der Waals surface area contributed by atoms with Crippen molar-refractivity contribution in [1.29, 1.82) is 0 Å². The molecule has 0 aliphatic carbocycles. The summed E-state index contributed by atoms with van der Waals surface area (Å²) in [6.07, 6.45) is 1.62. The molecule has 1 aliphatic heterocycles. The molecular formula is C10H11ClN2O. The van der Waals surface area contributed by atoms with Crippen molar-refractivity contribution in [2.45, 2.75) is 19.4 Å². The van der Waals surface area contributed by atoms with Crippen molar-refractivity contribution in [3.63, 3.8) is 0 Å². The van der Waals surface area contributed by atoms with Crippen LogP contribution in [0, 0.1) is 0 Å². The smallest absolute Gasteiger partial charge is 0.222 e. The van der Waals surface area contributed by atoms with Crippen molar-refractivity contribution in [2.24, 2.45) is 0 Å². The number of hydrogen-bond acceptors (Lipinski definition) is 2. The zero-order valence-electron chi connectivity index (χ0n) is 7.74. The molecule has 1 aliphatic rings. The number of halogens is 1. The summed E-state index contributed by atoms with van der Waals surface area (Å²) in [6, 6.07) is 5.47. The van der Waals surface area contributed by atoms with Gasteiger partial charge in [-0.25, -0.2) is 4.98 Å². The zero-order chi connectivity index (χ0) is 9.97. The van der Waals surface area contributed by atoms with E-state index in [0.717, 1.165) is 18.7 Å². The van der Waals surface area contributed by atoms with Crippen LogP contribution in [0.5, 0.6) is 0 Å². The molecule has 74 valence electrons. The number of carbonyl (C=O) groups excluding carboxylic acids is 1. The maximum absolute atomic E-state index is 11.3. The minimum absolute atomic E-state index is 0.215. The Morgan fingerprint density at radius 2 is 2.36 bits per heavy atom. The number of aromatic nitrogens is 1. The van der Waals surface area contributed by atoms with Crippen molar-refractivity contribution in [2.75, 3.05) is 6.54 Å². The lowest BCUT2D eigenvalue weighted by molar-refractivity contribution is -0.128. The van der Waals surface area contributed by atoms with Gasteiger partial charge in [0.25, 0.3) is 0 Å². The number of hydrogen-bond donors (Lipinski definition) is 0. The maximum atomic E-state index is 11.3. The summed E-state index contributed by atoms with van der Waals surface area (Å²) in [5.74, 6) is 0.215. The van der Waals surface area contributed by atoms with Gasteiger partial charge in [0.1, 0.15) is 5.15 Å². The molecule has 0 spiro atoms. The third-order valence-corrected chi connectivity index (χ3v) is 2.51. The Morgan fingerprint density at radius 3 is 3.00 bits per heavy atom. The lowest BCUT2D eigenvalue weighted by Gasteiger charge is -2.14. The number of likely N-dealkylation sites (tertiary alicyclic amines) is 1. The van der Waals surface area contributed by atoms with Gasteiger partial charge in [0, 0.05) is 13.0 Å². The fourth-order valence-electron chi connectivity index (χ4n) is 1.61. The summed E-state index contributed by atoms with van der Waals surface area (Å²) >= 11 is 5.75. The first-order valence-corrected chi connectivity index (χ1v) is 5.03. The van der Waals surface area contributed by atoms with Gasteiger partial charge in [0.15, 0.2) is 0 Å². The van der Waals surface area contributed by atoms with Gasteiger partial charge in [-0.3, -0.25) is 4.79 Å². The Hall–Kier alpha value is -1.09. The lowest BCUT2D eigenvalue weighted by atomic mass is 10.3. The molecule has 1 amide bonds. The summed E-state index contributed by atoms with van der Waals surface area (Å²) in [6.45, 7) is 1.42. The Balaban J connectivity index is 2.07. The van der Waals surface area contributed by atoms with Gasteiger partial charge >= 0.3 is 0 Å². The lowest BCUT2D eigenvalue weighted by Crippen LogP contribution is -2.24. The Morgan fingerprint density at radius 1 is 1.50 bits per heavy atom. The largest absolute Gasteiger partial charge is 0.337 e. The molecule has 0 radical (unpaired) electrons. The van der Waals surface area contributed by atoms with Gasteiger partial charge in [-0.05, 0) is 18.6 Å². The molecule has 1 fully saturated rings. The molecule has 2 rings (SSSR count). The first-order valence-electron chi connectivity index (χ1n) is 4.65. The van der Waals surface area contributed by atoms with Crippen LogP contribution in [-0.4, -0.2) is 22.3 Å². The van der Waals surface area contributed by atoms with Gasteiger partial charge < -0.3 is 4.90 Å². The molecule has 0 aromatic carbocycles. The first-order chi connectivity index (χ1) is 6.75. The van der Waals surface area contributed by atoms with Crippen molar-refractivity contribution >= 4 is 17.5 Å². The van der Waals surface area contributed by atoms with Gasteiger partial charge in [-0.1, -0.05) is 17.7 Å². The highest BCUT2D eigenvalue weighted by Gasteiger charge is 2.20. The Labute approximate surface area is 87.7 Å². The zero-order valence-corrected chi connectivity index (χ0v) is 8.50. The first kappa shape index (κ1) is 9.46. The minimum Gasteiger partial charge on any atom is -0.337 e. The third-order valence-electron chi connectivity index (χ3n) is 2.30. The number of amides is 1. The van der Waals surface area contributed by atoms with Crippen LogP contribution in [0.1, 0.15) is 18.5 Å². The van der Waals surface area contributed by atoms with E-state index in [1.807, 2.05) is 17.0 Å². The number of pyridine rings is 1. The highest BCUT2D eigenvalue weighted by molar-refractivity contribution is 6.29. The van der Waals surface area contributed by atoms with E-state index in [-0.39, 0.29) is 5.91 Å². The molecule has 4 heteroatoms. The highest BCUT2D eigenvalue weighted by Crippen LogP contribution is 2.14. The molecule has 0 unspecified atom stereocenters. The minimum atomic E-state index is 0.215. The second-order valence-corrected chi connectivity index (χ2v) is 3.76. The maximum Gasteiger partial charge on any atom is 0.222 e. The summed E-state index contributed by atoms with van der Waals surface area (Å²) in [7, 11) is 0. The van der Waals surface area contributed by atoms with E-state index in [0.29, 0.717) is 18.1 Å². The molecule has 0 atom stereocenters. The number of rotatable bonds is 2. The number of carbonyl (C=O) groups is 1. The normalized spacial score (nSPS) is 16.4. The van der Waals surface area contributed by atoms with Crippen LogP contribution < -0.4 is 0 Å². The average Bonchev–Trinajstić information content (AvgIpc) is 2.52.